The Kier molecular flexibility index (Phi) is 5.44. The van der Waals surface area contributed by atoms with E-state index in [0.29, 0.717) is 6.61 Å². The zero-order valence-electron chi connectivity index (χ0n) is 14.6. The van der Waals surface area contributed by atoms with Crippen molar-refractivity contribution < 1.29 is 9.53 Å². The average molecular weight is 321 g/mol. The molecule has 5 nitrogen and oxygen atoms in total. The Hall–Kier alpha value is -1.26. The SMILES string of the molecule is CCOC(=O)C1CCCN(C(=NC)NCC(C2CC2)C2CC2)C1. The Morgan fingerprint density at radius 1 is 1.26 bits per heavy atom. The summed E-state index contributed by atoms with van der Waals surface area (Å²) in [5, 5.41) is 3.60. The second-order valence-electron chi connectivity index (χ2n) is 7.30. The third-order valence-electron chi connectivity index (χ3n) is 5.50. The summed E-state index contributed by atoms with van der Waals surface area (Å²) in [6.45, 7) is 5.09. The lowest BCUT2D eigenvalue weighted by atomic mass is 9.97. The fourth-order valence-corrected chi connectivity index (χ4v) is 3.93. The zero-order valence-corrected chi connectivity index (χ0v) is 14.6. The van der Waals surface area contributed by atoms with Crippen molar-refractivity contribution >= 4 is 11.9 Å². The van der Waals surface area contributed by atoms with Gasteiger partial charge in [0.25, 0.3) is 0 Å². The Bertz CT molecular complexity index is 432. The molecule has 0 bridgehead atoms. The van der Waals surface area contributed by atoms with Crippen LogP contribution in [0.1, 0.15) is 45.4 Å². The van der Waals surface area contributed by atoms with Crippen LogP contribution >= 0.6 is 0 Å². The summed E-state index contributed by atoms with van der Waals surface area (Å²) in [6, 6.07) is 0. The van der Waals surface area contributed by atoms with Crippen molar-refractivity contribution in [3.8, 4) is 0 Å². The van der Waals surface area contributed by atoms with E-state index in [-0.39, 0.29) is 11.9 Å². The largest absolute Gasteiger partial charge is 0.466 e. The fraction of sp³-hybridized carbons (Fsp3) is 0.889. The third-order valence-corrected chi connectivity index (χ3v) is 5.50. The van der Waals surface area contributed by atoms with Crippen LogP contribution in [-0.2, 0) is 9.53 Å². The van der Waals surface area contributed by atoms with E-state index >= 15 is 0 Å². The molecule has 2 saturated carbocycles. The number of carbonyl (C=O) groups excluding carboxylic acids is 1. The maximum Gasteiger partial charge on any atom is 0.310 e. The number of guanidine groups is 1. The second-order valence-corrected chi connectivity index (χ2v) is 7.30. The topological polar surface area (TPSA) is 53.9 Å². The van der Waals surface area contributed by atoms with E-state index in [9.17, 15) is 4.79 Å². The van der Waals surface area contributed by atoms with Crippen molar-refractivity contribution in [3.63, 3.8) is 0 Å². The predicted molar refractivity (Wildman–Crippen MR) is 91.2 cm³/mol. The van der Waals surface area contributed by atoms with Crippen LogP contribution < -0.4 is 5.32 Å². The van der Waals surface area contributed by atoms with Crippen LogP contribution in [0.2, 0.25) is 0 Å². The standard InChI is InChI=1S/C18H31N3O2/c1-3-23-17(22)15-5-4-10-21(12-15)18(19-2)20-11-16(13-6-7-13)14-8-9-14/h13-16H,3-12H2,1-2H3,(H,19,20). The predicted octanol–water partition coefficient (Wildman–Crippen LogP) is 2.27. The number of rotatable bonds is 6. The van der Waals surface area contributed by atoms with Crippen LogP contribution in [-0.4, -0.2) is 50.1 Å². The number of nitrogens with one attached hydrogen (secondary N) is 1. The normalized spacial score (nSPS) is 25.6. The summed E-state index contributed by atoms with van der Waals surface area (Å²) in [6.07, 6.45) is 7.61. The van der Waals surface area contributed by atoms with Crippen LogP contribution in [0.3, 0.4) is 0 Å². The molecular weight excluding hydrogens is 290 g/mol. The smallest absolute Gasteiger partial charge is 0.310 e. The van der Waals surface area contributed by atoms with Crippen LogP contribution in [0.25, 0.3) is 0 Å². The molecule has 1 aliphatic heterocycles. The van der Waals surface area contributed by atoms with E-state index in [1.807, 2.05) is 14.0 Å². The molecule has 0 spiro atoms. The van der Waals surface area contributed by atoms with Gasteiger partial charge in [0.2, 0.25) is 0 Å². The number of carbonyl (C=O) groups is 1. The first kappa shape index (κ1) is 16.6. The van der Waals surface area contributed by atoms with Crippen molar-refractivity contribution in [1.82, 2.24) is 10.2 Å². The van der Waals surface area contributed by atoms with E-state index < -0.39 is 0 Å². The first-order valence-electron chi connectivity index (χ1n) is 9.35. The highest BCUT2D eigenvalue weighted by Crippen LogP contribution is 2.48. The van der Waals surface area contributed by atoms with E-state index in [1.54, 1.807) is 0 Å². The molecule has 5 heteroatoms. The summed E-state index contributed by atoms with van der Waals surface area (Å²) in [5.74, 6) is 3.62. The molecule has 3 fully saturated rings. The van der Waals surface area contributed by atoms with Gasteiger partial charge < -0.3 is 15.0 Å². The van der Waals surface area contributed by atoms with E-state index in [0.717, 1.165) is 56.2 Å². The molecule has 0 amide bonds. The molecule has 3 rings (SSSR count). The van der Waals surface area contributed by atoms with E-state index in [1.165, 1.54) is 25.7 Å². The van der Waals surface area contributed by atoms with Gasteiger partial charge in [-0.1, -0.05) is 0 Å². The second kappa shape index (κ2) is 7.54. The van der Waals surface area contributed by atoms with Gasteiger partial charge in [0.1, 0.15) is 0 Å². The number of aliphatic imine (C=N–C) groups is 1. The summed E-state index contributed by atoms with van der Waals surface area (Å²) in [4.78, 5) is 18.7. The van der Waals surface area contributed by atoms with Crippen LogP contribution in [0, 0.1) is 23.7 Å². The van der Waals surface area contributed by atoms with Crippen molar-refractivity contribution in [2.45, 2.75) is 45.4 Å². The summed E-state index contributed by atoms with van der Waals surface area (Å²) in [5.41, 5.74) is 0. The van der Waals surface area contributed by atoms with Gasteiger partial charge in [0.15, 0.2) is 5.96 Å². The van der Waals surface area contributed by atoms with Gasteiger partial charge in [-0.15, -0.1) is 0 Å². The lowest BCUT2D eigenvalue weighted by molar-refractivity contribution is -0.149. The van der Waals surface area contributed by atoms with Crippen molar-refractivity contribution in [1.29, 1.82) is 0 Å². The number of esters is 1. The summed E-state index contributed by atoms with van der Waals surface area (Å²) in [7, 11) is 1.85. The highest BCUT2D eigenvalue weighted by molar-refractivity contribution is 5.81. The molecule has 130 valence electrons. The lowest BCUT2D eigenvalue weighted by Crippen LogP contribution is -2.49. The molecule has 1 atom stereocenters. The number of ether oxygens (including phenoxy) is 1. The third kappa shape index (κ3) is 4.39. The Morgan fingerprint density at radius 3 is 2.52 bits per heavy atom. The minimum Gasteiger partial charge on any atom is -0.466 e. The van der Waals surface area contributed by atoms with Gasteiger partial charge in [-0.3, -0.25) is 9.79 Å². The lowest BCUT2D eigenvalue weighted by Gasteiger charge is -2.34. The van der Waals surface area contributed by atoms with Gasteiger partial charge in [-0.25, -0.2) is 0 Å². The molecule has 1 unspecified atom stereocenters. The maximum absolute atomic E-state index is 12.0. The monoisotopic (exact) mass is 321 g/mol. The van der Waals surface area contributed by atoms with E-state index in [4.69, 9.17) is 4.74 Å². The molecule has 1 heterocycles. The van der Waals surface area contributed by atoms with Crippen LogP contribution in [0.4, 0.5) is 0 Å². The minimum absolute atomic E-state index is 0.00934. The van der Waals surface area contributed by atoms with Crippen LogP contribution in [0.15, 0.2) is 4.99 Å². The number of nitrogens with zero attached hydrogens (tertiary/aromatic N) is 2. The quantitative estimate of drug-likeness (QED) is 0.463. The molecule has 0 aromatic heterocycles. The molecule has 3 aliphatic rings. The first-order valence-corrected chi connectivity index (χ1v) is 9.35. The Labute approximate surface area is 139 Å². The molecule has 0 aromatic carbocycles. The van der Waals surface area contributed by atoms with E-state index in [2.05, 4.69) is 15.2 Å². The first-order chi connectivity index (χ1) is 11.2. The highest BCUT2D eigenvalue weighted by Gasteiger charge is 2.41. The van der Waals surface area contributed by atoms with Crippen molar-refractivity contribution in [2.24, 2.45) is 28.7 Å². The van der Waals surface area contributed by atoms with Gasteiger partial charge in [-0.2, -0.15) is 0 Å². The number of likely N-dealkylation sites (tertiary alicyclic amines) is 1. The molecule has 1 saturated heterocycles. The number of hydrogen-bond acceptors (Lipinski definition) is 3. The molecule has 1 N–H and O–H groups in total. The van der Waals surface area contributed by atoms with Crippen molar-refractivity contribution in [3.05, 3.63) is 0 Å². The maximum atomic E-state index is 12.0. The zero-order chi connectivity index (χ0) is 16.2. The van der Waals surface area contributed by atoms with Crippen molar-refractivity contribution in [2.75, 3.05) is 33.3 Å². The molecule has 23 heavy (non-hydrogen) atoms. The van der Waals surface area contributed by atoms with Gasteiger partial charge in [-0.05, 0) is 63.2 Å². The Morgan fingerprint density at radius 2 is 1.96 bits per heavy atom. The highest BCUT2D eigenvalue weighted by atomic mass is 16.5. The molecule has 0 aromatic rings. The average Bonchev–Trinajstić information content (AvgIpc) is 3.46. The fourth-order valence-electron chi connectivity index (χ4n) is 3.93. The molecule has 0 radical (unpaired) electrons. The molecule has 2 aliphatic carbocycles. The summed E-state index contributed by atoms with van der Waals surface area (Å²) < 4.78 is 5.19. The van der Waals surface area contributed by atoms with Crippen LogP contribution in [0.5, 0.6) is 0 Å². The minimum atomic E-state index is -0.0542. The van der Waals surface area contributed by atoms with Gasteiger partial charge in [0.05, 0.1) is 12.5 Å². The Balaban J connectivity index is 1.51. The number of hydrogen-bond donors (Lipinski definition) is 1. The van der Waals surface area contributed by atoms with Gasteiger partial charge in [0, 0.05) is 26.7 Å². The van der Waals surface area contributed by atoms with Gasteiger partial charge >= 0.3 is 5.97 Å². The molecular formula is C18H31N3O2. The number of piperidine rings is 1. The summed E-state index contributed by atoms with van der Waals surface area (Å²) >= 11 is 0.